The molecule has 2 rings (SSSR count). The Morgan fingerprint density at radius 3 is 2.83 bits per heavy atom. The van der Waals surface area contributed by atoms with Gasteiger partial charge in [-0.05, 0) is 36.3 Å². The number of nitrogens with two attached hydrogens (primary N) is 1. The molecule has 0 aliphatic rings. The van der Waals surface area contributed by atoms with Crippen molar-refractivity contribution in [2.45, 2.75) is 0 Å². The summed E-state index contributed by atoms with van der Waals surface area (Å²) in [5.41, 5.74) is 7.04. The van der Waals surface area contributed by atoms with E-state index >= 15 is 0 Å². The third-order valence-electron chi connectivity index (χ3n) is 2.22. The third kappa shape index (κ3) is 3.62. The lowest BCUT2D eigenvalue weighted by Crippen LogP contribution is -2.10. The van der Waals surface area contributed by atoms with E-state index in [2.05, 4.69) is 16.8 Å². The fraction of sp³-hybridized carbons (Fsp3) is 0.133. The van der Waals surface area contributed by atoms with Gasteiger partial charge in [0.05, 0.1) is 0 Å². The highest BCUT2D eigenvalue weighted by atomic mass is 16.5. The maximum atomic E-state index is 5.44. The van der Waals surface area contributed by atoms with E-state index in [0.29, 0.717) is 13.2 Å². The molecule has 0 fully saturated rings. The summed E-state index contributed by atoms with van der Waals surface area (Å²) in [6.07, 6.45) is 1.73. The lowest BCUT2D eigenvalue weighted by molar-refractivity contribution is 0.328. The van der Waals surface area contributed by atoms with Gasteiger partial charge in [-0.1, -0.05) is 18.1 Å². The van der Waals surface area contributed by atoms with E-state index in [9.17, 15) is 0 Å². The van der Waals surface area contributed by atoms with Gasteiger partial charge in [0.25, 0.3) is 0 Å². The van der Waals surface area contributed by atoms with E-state index < -0.39 is 0 Å². The average Bonchev–Trinajstić information content (AvgIpc) is 2.44. The Kier molecular flexibility index (Phi) is 4.34. The van der Waals surface area contributed by atoms with Crippen molar-refractivity contribution in [3.63, 3.8) is 0 Å². The van der Waals surface area contributed by atoms with Crippen LogP contribution in [0.3, 0.4) is 0 Å². The van der Waals surface area contributed by atoms with Crippen molar-refractivity contribution in [1.82, 2.24) is 4.98 Å². The van der Waals surface area contributed by atoms with Crippen molar-refractivity contribution in [2.24, 2.45) is 5.73 Å². The Morgan fingerprint density at radius 2 is 2.06 bits per heavy atom. The molecule has 0 aliphatic carbocycles. The first-order valence-corrected chi connectivity index (χ1v) is 5.74. The SMILES string of the molecule is NCCOc1cccc(C#Cc2ccccn2)c1. The molecule has 18 heavy (non-hydrogen) atoms. The molecule has 90 valence electrons. The number of rotatable bonds is 3. The molecule has 0 aliphatic heterocycles. The Morgan fingerprint density at radius 1 is 1.11 bits per heavy atom. The molecule has 0 radical (unpaired) electrons. The molecule has 0 bridgehead atoms. The highest BCUT2D eigenvalue weighted by molar-refractivity contribution is 5.43. The van der Waals surface area contributed by atoms with Crippen molar-refractivity contribution >= 4 is 0 Å². The molecular weight excluding hydrogens is 224 g/mol. The van der Waals surface area contributed by atoms with Gasteiger partial charge in [-0.2, -0.15) is 0 Å². The quantitative estimate of drug-likeness (QED) is 0.830. The number of nitrogens with zero attached hydrogens (tertiary/aromatic N) is 1. The van der Waals surface area contributed by atoms with E-state index in [1.165, 1.54) is 0 Å². The third-order valence-corrected chi connectivity index (χ3v) is 2.22. The van der Waals surface area contributed by atoms with Crippen molar-refractivity contribution in [1.29, 1.82) is 0 Å². The summed E-state index contributed by atoms with van der Waals surface area (Å²) in [5.74, 6) is 6.84. The summed E-state index contributed by atoms with van der Waals surface area (Å²) < 4.78 is 5.44. The van der Waals surface area contributed by atoms with E-state index in [1.54, 1.807) is 6.20 Å². The lowest BCUT2D eigenvalue weighted by Gasteiger charge is -2.03. The topological polar surface area (TPSA) is 48.1 Å². The van der Waals surface area contributed by atoms with Gasteiger partial charge >= 0.3 is 0 Å². The van der Waals surface area contributed by atoms with Gasteiger partial charge in [0, 0.05) is 18.3 Å². The molecule has 2 aromatic rings. The summed E-state index contributed by atoms with van der Waals surface area (Å²) in [4.78, 5) is 4.14. The minimum atomic E-state index is 0.504. The van der Waals surface area contributed by atoms with Crippen LogP contribution in [0.15, 0.2) is 48.7 Å². The predicted octanol–water partition coefficient (Wildman–Crippen LogP) is 1.82. The van der Waals surface area contributed by atoms with Crippen LogP contribution in [-0.4, -0.2) is 18.1 Å². The largest absolute Gasteiger partial charge is 0.492 e. The molecule has 0 saturated carbocycles. The predicted molar refractivity (Wildman–Crippen MR) is 71.2 cm³/mol. The van der Waals surface area contributed by atoms with Gasteiger partial charge in [-0.3, -0.25) is 0 Å². The zero-order chi connectivity index (χ0) is 12.6. The minimum Gasteiger partial charge on any atom is -0.492 e. The second-order valence-electron chi connectivity index (χ2n) is 3.63. The molecule has 0 saturated heterocycles. The first-order chi connectivity index (χ1) is 8.88. The molecular formula is C15H14N2O. The molecule has 0 atom stereocenters. The average molecular weight is 238 g/mol. The Labute approximate surface area is 107 Å². The molecule has 1 aromatic carbocycles. The Bertz CT molecular complexity index is 555. The van der Waals surface area contributed by atoms with Crippen molar-refractivity contribution < 1.29 is 4.74 Å². The summed E-state index contributed by atoms with van der Waals surface area (Å²) in [5, 5.41) is 0. The highest BCUT2D eigenvalue weighted by Crippen LogP contribution is 2.12. The Hall–Kier alpha value is -2.31. The standard InChI is InChI=1S/C15H14N2O/c16-9-11-18-15-6-3-4-13(12-15)7-8-14-5-1-2-10-17-14/h1-6,10,12H,9,11,16H2. The molecule has 0 spiro atoms. The molecule has 2 N–H and O–H groups in total. The van der Waals surface area contributed by atoms with E-state index in [4.69, 9.17) is 10.5 Å². The van der Waals surface area contributed by atoms with E-state index in [1.807, 2.05) is 42.5 Å². The minimum absolute atomic E-state index is 0.504. The molecule has 3 nitrogen and oxygen atoms in total. The van der Waals surface area contributed by atoms with Crippen molar-refractivity contribution in [3.8, 4) is 17.6 Å². The maximum absolute atomic E-state index is 5.44. The van der Waals surface area contributed by atoms with Gasteiger partial charge in [0.1, 0.15) is 18.1 Å². The number of ether oxygens (including phenoxy) is 1. The van der Waals surface area contributed by atoms with Gasteiger partial charge in [-0.15, -0.1) is 0 Å². The Balaban J connectivity index is 2.12. The fourth-order valence-electron chi connectivity index (χ4n) is 1.41. The fourth-order valence-corrected chi connectivity index (χ4v) is 1.41. The van der Waals surface area contributed by atoms with E-state index in [0.717, 1.165) is 17.0 Å². The van der Waals surface area contributed by atoms with Gasteiger partial charge in [-0.25, -0.2) is 4.98 Å². The summed E-state index contributed by atoms with van der Waals surface area (Å²) in [7, 11) is 0. The zero-order valence-corrected chi connectivity index (χ0v) is 9.97. The molecule has 0 unspecified atom stereocenters. The summed E-state index contributed by atoms with van der Waals surface area (Å²) in [6, 6.07) is 13.3. The number of hydrogen-bond donors (Lipinski definition) is 1. The number of aromatic nitrogens is 1. The van der Waals surface area contributed by atoms with Crippen LogP contribution in [0.2, 0.25) is 0 Å². The normalized spacial score (nSPS) is 9.39. The monoisotopic (exact) mass is 238 g/mol. The van der Waals surface area contributed by atoms with Crippen LogP contribution >= 0.6 is 0 Å². The van der Waals surface area contributed by atoms with Crippen LogP contribution in [0, 0.1) is 11.8 Å². The van der Waals surface area contributed by atoms with Crippen molar-refractivity contribution in [2.75, 3.05) is 13.2 Å². The highest BCUT2D eigenvalue weighted by Gasteiger charge is 1.93. The summed E-state index contributed by atoms with van der Waals surface area (Å²) in [6.45, 7) is 1.01. The van der Waals surface area contributed by atoms with Crippen LogP contribution in [0.25, 0.3) is 0 Å². The molecule has 1 heterocycles. The van der Waals surface area contributed by atoms with Crippen molar-refractivity contribution in [3.05, 3.63) is 59.9 Å². The number of hydrogen-bond acceptors (Lipinski definition) is 3. The summed E-state index contributed by atoms with van der Waals surface area (Å²) >= 11 is 0. The first-order valence-electron chi connectivity index (χ1n) is 5.74. The van der Waals surface area contributed by atoms with Crippen LogP contribution in [-0.2, 0) is 0 Å². The van der Waals surface area contributed by atoms with Gasteiger partial charge in [0.2, 0.25) is 0 Å². The first kappa shape index (κ1) is 12.2. The van der Waals surface area contributed by atoms with Crippen LogP contribution in [0.4, 0.5) is 0 Å². The molecule has 0 amide bonds. The number of pyridine rings is 1. The maximum Gasteiger partial charge on any atom is 0.120 e. The van der Waals surface area contributed by atoms with Gasteiger partial charge in [0.15, 0.2) is 0 Å². The number of benzene rings is 1. The second kappa shape index (κ2) is 6.43. The molecule has 1 aromatic heterocycles. The lowest BCUT2D eigenvalue weighted by atomic mass is 10.2. The second-order valence-corrected chi connectivity index (χ2v) is 3.63. The molecule has 3 heteroatoms. The van der Waals surface area contributed by atoms with Gasteiger partial charge < -0.3 is 10.5 Å². The van der Waals surface area contributed by atoms with Crippen LogP contribution in [0.1, 0.15) is 11.3 Å². The van der Waals surface area contributed by atoms with Crippen LogP contribution < -0.4 is 10.5 Å². The smallest absolute Gasteiger partial charge is 0.120 e. The van der Waals surface area contributed by atoms with Crippen LogP contribution in [0.5, 0.6) is 5.75 Å². The van der Waals surface area contributed by atoms with E-state index in [-0.39, 0.29) is 0 Å². The zero-order valence-electron chi connectivity index (χ0n) is 9.97.